The van der Waals surface area contributed by atoms with Gasteiger partial charge in [-0.2, -0.15) is 0 Å². The Labute approximate surface area is 92.8 Å². The van der Waals surface area contributed by atoms with Gasteiger partial charge in [-0.1, -0.05) is 12.1 Å². The molecule has 0 amide bonds. The molecule has 1 aromatic carbocycles. The Kier molecular flexibility index (Phi) is 2.07. The van der Waals surface area contributed by atoms with Gasteiger partial charge in [0.05, 0.1) is 0 Å². The predicted molar refractivity (Wildman–Crippen MR) is 62.8 cm³/mol. The molecule has 0 aliphatic heterocycles. The fraction of sp³-hybridized carbons (Fsp3) is 0. The molecule has 3 aromatic rings. The van der Waals surface area contributed by atoms with Crippen molar-refractivity contribution in [2.75, 3.05) is 0 Å². The number of aromatic nitrogens is 3. The van der Waals surface area contributed by atoms with Crippen LogP contribution in [0.2, 0.25) is 0 Å². The Hall–Kier alpha value is -2.29. The number of hydrogen-bond acceptors (Lipinski definition) is 3. The van der Waals surface area contributed by atoms with Crippen molar-refractivity contribution >= 4 is 10.8 Å². The first-order valence-corrected chi connectivity index (χ1v) is 5.03. The highest BCUT2D eigenvalue weighted by Gasteiger charge is 1.99. The van der Waals surface area contributed by atoms with Crippen molar-refractivity contribution in [1.82, 2.24) is 15.0 Å². The lowest BCUT2D eigenvalue weighted by molar-refractivity contribution is 1.17. The highest BCUT2D eigenvalue weighted by atomic mass is 14.8. The maximum absolute atomic E-state index is 4.09. The van der Waals surface area contributed by atoms with E-state index >= 15 is 0 Å². The third kappa shape index (κ3) is 1.52. The standard InChI is InChI=1S/C13H9N3/c1-2-12-6-14-4-3-11(12)5-10(1)13-7-15-9-16-8-13/h1-9H. The summed E-state index contributed by atoms with van der Waals surface area (Å²) in [4.78, 5) is 12.1. The zero-order chi connectivity index (χ0) is 10.8. The third-order valence-electron chi connectivity index (χ3n) is 2.53. The molecule has 2 heterocycles. The molecule has 0 aliphatic rings. The van der Waals surface area contributed by atoms with Gasteiger partial charge < -0.3 is 0 Å². The van der Waals surface area contributed by atoms with Crippen LogP contribution in [0.5, 0.6) is 0 Å². The number of fused-ring (bicyclic) bond motifs is 1. The van der Waals surface area contributed by atoms with Gasteiger partial charge in [0.2, 0.25) is 0 Å². The monoisotopic (exact) mass is 207 g/mol. The second-order valence-electron chi connectivity index (χ2n) is 3.56. The molecule has 0 atom stereocenters. The van der Waals surface area contributed by atoms with Gasteiger partial charge in [0.15, 0.2) is 0 Å². The molecule has 0 N–H and O–H groups in total. The lowest BCUT2D eigenvalue weighted by Gasteiger charge is -2.02. The maximum Gasteiger partial charge on any atom is 0.115 e. The number of pyridine rings is 1. The van der Waals surface area contributed by atoms with E-state index in [0.717, 1.165) is 16.5 Å². The summed E-state index contributed by atoms with van der Waals surface area (Å²) in [5.74, 6) is 0. The van der Waals surface area contributed by atoms with E-state index in [1.807, 2.05) is 24.7 Å². The highest BCUT2D eigenvalue weighted by Crippen LogP contribution is 2.22. The van der Waals surface area contributed by atoms with Crippen molar-refractivity contribution in [2.24, 2.45) is 0 Å². The molecule has 0 radical (unpaired) electrons. The van der Waals surface area contributed by atoms with Gasteiger partial charge in [0, 0.05) is 35.7 Å². The summed E-state index contributed by atoms with van der Waals surface area (Å²) in [6, 6.07) is 8.24. The number of rotatable bonds is 1. The summed E-state index contributed by atoms with van der Waals surface area (Å²) in [6.07, 6.45) is 8.83. The first-order chi connectivity index (χ1) is 7.93. The first-order valence-electron chi connectivity index (χ1n) is 5.03. The molecule has 2 aromatic heterocycles. The SMILES string of the molecule is c1cc2cc(-c3cncnc3)ccc2cn1. The van der Waals surface area contributed by atoms with Crippen LogP contribution in [0.1, 0.15) is 0 Å². The van der Waals surface area contributed by atoms with Crippen molar-refractivity contribution in [3.8, 4) is 11.1 Å². The normalized spacial score (nSPS) is 10.5. The molecule has 3 nitrogen and oxygen atoms in total. The van der Waals surface area contributed by atoms with E-state index in [4.69, 9.17) is 0 Å². The average Bonchev–Trinajstić information content (AvgIpc) is 2.39. The molecule has 0 unspecified atom stereocenters. The van der Waals surface area contributed by atoms with Crippen molar-refractivity contribution in [3.63, 3.8) is 0 Å². The van der Waals surface area contributed by atoms with Gasteiger partial charge in [0.1, 0.15) is 6.33 Å². The zero-order valence-corrected chi connectivity index (χ0v) is 8.54. The fourth-order valence-corrected chi connectivity index (χ4v) is 1.71. The first kappa shape index (κ1) is 8.97. The molecule has 3 heteroatoms. The molecular formula is C13H9N3. The summed E-state index contributed by atoms with van der Waals surface area (Å²) in [5, 5.41) is 2.32. The Balaban J connectivity index is 2.19. The van der Waals surface area contributed by atoms with Crippen LogP contribution in [0, 0.1) is 0 Å². The zero-order valence-electron chi connectivity index (χ0n) is 8.54. The van der Waals surface area contributed by atoms with Gasteiger partial charge in [-0.15, -0.1) is 0 Å². The lowest BCUT2D eigenvalue weighted by Crippen LogP contribution is -1.82. The summed E-state index contributed by atoms with van der Waals surface area (Å²) >= 11 is 0. The maximum atomic E-state index is 4.09. The van der Waals surface area contributed by atoms with Crippen molar-refractivity contribution in [1.29, 1.82) is 0 Å². The van der Waals surface area contributed by atoms with E-state index < -0.39 is 0 Å². The molecule has 0 saturated carbocycles. The molecule has 3 rings (SSSR count). The summed E-state index contributed by atoms with van der Waals surface area (Å²) in [7, 11) is 0. The fourth-order valence-electron chi connectivity index (χ4n) is 1.71. The average molecular weight is 207 g/mol. The van der Waals surface area contributed by atoms with Gasteiger partial charge in [0.25, 0.3) is 0 Å². The van der Waals surface area contributed by atoms with Gasteiger partial charge in [-0.3, -0.25) is 4.98 Å². The quantitative estimate of drug-likeness (QED) is 0.615. The summed E-state index contributed by atoms with van der Waals surface area (Å²) in [5.41, 5.74) is 2.15. The topological polar surface area (TPSA) is 38.7 Å². The smallest absolute Gasteiger partial charge is 0.115 e. The van der Waals surface area contributed by atoms with Crippen LogP contribution >= 0.6 is 0 Å². The van der Waals surface area contributed by atoms with Crippen LogP contribution in [-0.2, 0) is 0 Å². The lowest BCUT2D eigenvalue weighted by atomic mass is 10.1. The van der Waals surface area contributed by atoms with Crippen molar-refractivity contribution in [2.45, 2.75) is 0 Å². The molecule has 0 aliphatic carbocycles. The van der Waals surface area contributed by atoms with E-state index in [9.17, 15) is 0 Å². The van der Waals surface area contributed by atoms with Crippen LogP contribution in [0.4, 0.5) is 0 Å². The van der Waals surface area contributed by atoms with E-state index in [1.54, 1.807) is 6.20 Å². The number of benzene rings is 1. The molecule has 0 fully saturated rings. The molecular weight excluding hydrogens is 198 g/mol. The minimum Gasteiger partial charge on any atom is -0.264 e. The van der Waals surface area contributed by atoms with Crippen LogP contribution in [0.15, 0.2) is 55.4 Å². The summed E-state index contributed by atoms with van der Waals surface area (Å²) in [6.45, 7) is 0. The Morgan fingerprint density at radius 3 is 2.44 bits per heavy atom. The molecule has 76 valence electrons. The largest absolute Gasteiger partial charge is 0.264 e. The predicted octanol–water partition coefficient (Wildman–Crippen LogP) is 2.69. The van der Waals surface area contributed by atoms with Crippen LogP contribution < -0.4 is 0 Å². The van der Waals surface area contributed by atoms with Crippen molar-refractivity contribution < 1.29 is 0 Å². The Morgan fingerprint density at radius 2 is 1.56 bits per heavy atom. The van der Waals surface area contributed by atoms with E-state index in [-0.39, 0.29) is 0 Å². The van der Waals surface area contributed by atoms with E-state index in [2.05, 4.69) is 33.2 Å². The van der Waals surface area contributed by atoms with Gasteiger partial charge >= 0.3 is 0 Å². The van der Waals surface area contributed by atoms with E-state index in [0.29, 0.717) is 0 Å². The van der Waals surface area contributed by atoms with Gasteiger partial charge in [-0.25, -0.2) is 9.97 Å². The summed E-state index contributed by atoms with van der Waals surface area (Å²) < 4.78 is 0. The van der Waals surface area contributed by atoms with E-state index in [1.165, 1.54) is 11.7 Å². The Bertz CT molecular complexity index is 620. The molecule has 0 bridgehead atoms. The Morgan fingerprint density at radius 1 is 0.688 bits per heavy atom. The third-order valence-corrected chi connectivity index (χ3v) is 2.53. The minimum absolute atomic E-state index is 1.03. The van der Waals surface area contributed by atoms with Gasteiger partial charge in [-0.05, 0) is 23.1 Å². The molecule has 0 saturated heterocycles. The number of hydrogen-bond donors (Lipinski definition) is 0. The van der Waals surface area contributed by atoms with Crippen molar-refractivity contribution in [3.05, 3.63) is 55.4 Å². The van der Waals surface area contributed by atoms with Crippen LogP contribution in [0.25, 0.3) is 21.9 Å². The second kappa shape index (κ2) is 3.70. The molecule has 16 heavy (non-hydrogen) atoms. The van der Waals surface area contributed by atoms with Crippen LogP contribution in [-0.4, -0.2) is 15.0 Å². The second-order valence-corrected chi connectivity index (χ2v) is 3.56. The highest BCUT2D eigenvalue weighted by molar-refractivity contribution is 5.86. The minimum atomic E-state index is 1.03. The molecule has 0 spiro atoms. The van der Waals surface area contributed by atoms with Crippen LogP contribution in [0.3, 0.4) is 0 Å². The number of nitrogens with zero attached hydrogens (tertiary/aromatic N) is 3.